The van der Waals surface area contributed by atoms with Gasteiger partial charge in [0.25, 0.3) is 0 Å². The quantitative estimate of drug-likeness (QED) is 0.712. The molecule has 1 aromatic rings. The molecule has 25 heavy (non-hydrogen) atoms. The Kier molecular flexibility index (Phi) is 3.70. The molecule has 1 fully saturated rings. The second-order valence-corrected chi connectivity index (χ2v) is 9.44. The van der Waals surface area contributed by atoms with E-state index in [-0.39, 0.29) is 23.3 Å². The highest BCUT2D eigenvalue weighted by atomic mass is 32.2. The van der Waals surface area contributed by atoms with Crippen LogP contribution in [0.1, 0.15) is 41.8 Å². The van der Waals surface area contributed by atoms with Crippen molar-refractivity contribution in [3.63, 3.8) is 0 Å². The fraction of sp³-hybridized carbons (Fsp3) is 0.500. The van der Waals surface area contributed by atoms with Crippen LogP contribution in [0.2, 0.25) is 0 Å². The molecule has 3 heterocycles. The molecule has 3 aliphatic rings. The van der Waals surface area contributed by atoms with Gasteiger partial charge in [0, 0.05) is 12.6 Å². The maximum atomic E-state index is 12.7. The van der Waals surface area contributed by atoms with Gasteiger partial charge in [-0.3, -0.25) is 9.69 Å². The number of ether oxygens (including phenoxy) is 2. The fourth-order valence-electron chi connectivity index (χ4n) is 3.76. The molecule has 0 amide bonds. The Bertz CT molecular complexity index is 912. The lowest BCUT2D eigenvalue weighted by Crippen LogP contribution is -2.41. The topological polar surface area (TPSA) is 72.9 Å². The van der Waals surface area contributed by atoms with Crippen molar-refractivity contribution in [3.05, 3.63) is 34.1 Å². The number of carbonyl (C=O) groups excluding carboxylic acids is 1. The first kappa shape index (κ1) is 16.6. The van der Waals surface area contributed by atoms with Gasteiger partial charge in [-0.05, 0) is 44.4 Å². The summed E-state index contributed by atoms with van der Waals surface area (Å²) in [6.07, 6.45) is 0.619. The monoisotopic (exact) mass is 363 g/mol. The molecule has 0 spiro atoms. The van der Waals surface area contributed by atoms with Crippen molar-refractivity contribution < 1.29 is 22.7 Å². The third kappa shape index (κ3) is 2.66. The van der Waals surface area contributed by atoms with Crippen LogP contribution in [-0.2, 0) is 16.4 Å². The summed E-state index contributed by atoms with van der Waals surface area (Å²) in [4.78, 5) is 14.7. The lowest BCUT2D eigenvalue weighted by molar-refractivity contribution is 0.0633. The van der Waals surface area contributed by atoms with Crippen LogP contribution in [0.5, 0.6) is 11.5 Å². The van der Waals surface area contributed by atoms with E-state index >= 15 is 0 Å². The molecule has 0 aliphatic carbocycles. The van der Waals surface area contributed by atoms with Crippen molar-refractivity contribution in [2.45, 2.75) is 39.8 Å². The lowest BCUT2D eigenvalue weighted by Gasteiger charge is -2.33. The number of aryl methyl sites for hydroxylation is 1. The summed E-state index contributed by atoms with van der Waals surface area (Å²) < 4.78 is 35.4. The van der Waals surface area contributed by atoms with E-state index in [4.69, 9.17) is 9.47 Å². The second-order valence-electron chi connectivity index (χ2n) is 7.21. The maximum absolute atomic E-state index is 12.7. The van der Waals surface area contributed by atoms with Gasteiger partial charge >= 0.3 is 0 Å². The van der Waals surface area contributed by atoms with Gasteiger partial charge in [0.1, 0.15) is 18.2 Å². The molecule has 0 saturated carbocycles. The molecule has 1 aromatic carbocycles. The minimum atomic E-state index is -2.96. The van der Waals surface area contributed by atoms with E-state index in [9.17, 15) is 13.2 Å². The van der Waals surface area contributed by atoms with E-state index in [1.807, 2.05) is 31.7 Å². The van der Waals surface area contributed by atoms with Crippen LogP contribution in [0.15, 0.2) is 17.4 Å². The van der Waals surface area contributed by atoms with Crippen molar-refractivity contribution in [2.75, 3.05) is 18.2 Å². The van der Waals surface area contributed by atoms with Crippen LogP contribution in [0.4, 0.5) is 0 Å². The van der Waals surface area contributed by atoms with Gasteiger partial charge in [0.2, 0.25) is 5.78 Å². The lowest BCUT2D eigenvalue weighted by atomic mass is 9.98. The van der Waals surface area contributed by atoms with Crippen molar-refractivity contribution >= 4 is 15.6 Å². The van der Waals surface area contributed by atoms with Crippen molar-refractivity contribution in [1.29, 1.82) is 0 Å². The van der Waals surface area contributed by atoms with Gasteiger partial charge in [0.05, 0.1) is 22.6 Å². The van der Waals surface area contributed by atoms with Crippen molar-refractivity contribution in [1.82, 2.24) is 4.90 Å². The molecule has 0 aromatic heterocycles. The van der Waals surface area contributed by atoms with Crippen LogP contribution in [-0.4, -0.2) is 43.4 Å². The van der Waals surface area contributed by atoms with Gasteiger partial charge in [0.15, 0.2) is 15.6 Å². The van der Waals surface area contributed by atoms with Gasteiger partial charge in [-0.25, -0.2) is 8.42 Å². The number of allylic oxidation sites excluding steroid dienone is 2. The number of benzene rings is 1. The number of sulfone groups is 1. The predicted octanol–water partition coefficient (Wildman–Crippen LogP) is 2.20. The standard InChI is InChI=1S/C18H21NO5S/c1-10(2)17-16(20)15-11(3)6-14-13(18(15)24-17)7-19(9-23-14)12-4-5-25(21,22)8-12/h6,12H,4-5,7-9H2,1-3H3. The van der Waals surface area contributed by atoms with Gasteiger partial charge in [-0.1, -0.05) is 0 Å². The zero-order valence-corrected chi connectivity index (χ0v) is 15.4. The smallest absolute Gasteiger partial charge is 0.232 e. The second kappa shape index (κ2) is 5.57. The summed E-state index contributed by atoms with van der Waals surface area (Å²) >= 11 is 0. The number of hydrogen-bond acceptors (Lipinski definition) is 6. The van der Waals surface area contributed by atoms with Gasteiger partial charge in [-0.2, -0.15) is 0 Å². The molecule has 134 valence electrons. The number of ketones is 1. The van der Waals surface area contributed by atoms with E-state index in [2.05, 4.69) is 0 Å². The zero-order valence-electron chi connectivity index (χ0n) is 14.6. The summed E-state index contributed by atoms with van der Waals surface area (Å²) in [5.74, 6) is 1.98. The van der Waals surface area contributed by atoms with Gasteiger partial charge in [-0.15, -0.1) is 0 Å². The number of Topliss-reactive ketones (excluding diaryl/α,β-unsaturated/α-hetero) is 1. The van der Waals surface area contributed by atoms with Crippen LogP contribution in [0, 0.1) is 6.92 Å². The first-order valence-electron chi connectivity index (χ1n) is 8.40. The molecule has 0 N–H and O–H groups in total. The molecule has 1 unspecified atom stereocenters. The Morgan fingerprint density at radius 3 is 2.72 bits per heavy atom. The average Bonchev–Trinajstić information content (AvgIpc) is 3.08. The Hall–Kier alpha value is -1.86. The van der Waals surface area contributed by atoms with Crippen LogP contribution >= 0.6 is 0 Å². The van der Waals surface area contributed by atoms with E-state index < -0.39 is 9.84 Å². The average molecular weight is 363 g/mol. The molecule has 4 rings (SSSR count). The maximum Gasteiger partial charge on any atom is 0.232 e. The normalized spacial score (nSPS) is 24.5. The molecule has 6 nitrogen and oxygen atoms in total. The fourth-order valence-corrected chi connectivity index (χ4v) is 5.52. The third-order valence-electron chi connectivity index (χ3n) is 5.10. The number of hydrogen-bond donors (Lipinski definition) is 0. The minimum Gasteiger partial charge on any atom is -0.478 e. The zero-order chi connectivity index (χ0) is 17.9. The van der Waals surface area contributed by atoms with E-state index in [1.54, 1.807) is 0 Å². The van der Waals surface area contributed by atoms with E-state index in [0.717, 1.165) is 22.4 Å². The first-order chi connectivity index (χ1) is 11.8. The molecule has 0 bridgehead atoms. The molecule has 1 saturated heterocycles. The van der Waals surface area contributed by atoms with Crippen molar-refractivity contribution in [3.8, 4) is 11.5 Å². The summed E-state index contributed by atoms with van der Waals surface area (Å²) in [6, 6.07) is 1.83. The highest BCUT2D eigenvalue weighted by molar-refractivity contribution is 7.91. The molecular weight excluding hydrogens is 342 g/mol. The number of rotatable bonds is 1. The number of carbonyl (C=O) groups is 1. The Labute approximate surface area is 147 Å². The Morgan fingerprint density at radius 1 is 1.32 bits per heavy atom. The molecule has 3 aliphatic heterocycles. The van der Waals surface area contributed by atoms with Crippen LogP contribution in [0.25, 0.3) is 0 Å². The molecule has 1 atom stereocenters. The Morgan fingerprint density at radius 2 is 2.08 bits per heavy atom. The summed E-state index contributed by atoms with van der Waals surface area (Å²) in [5, 5.41) is 0. The van der Waals surface area contributed by atoms with E-state index in [0.29, 0.717) is 36.8 Å². The highest BCUT2D eigenvalue weighted by Gasteiger charge is 2.39. The number of nitrogens with zero attached hydrogens (tertiary/aromatic N) is 1. The Balaban J connectivity index is 1.72. The van der Waals surface area contributed by atoms with E-state index in [1.165, 1.54) is 0 Å². The van der Waals surface area contributed by atoms with Crippen LogP contribution < -0.4 is 9.47 Å². The minimum absolute atomic E-state index is 0.0462. The third-order valence-corrected chi connectivity index (χ3v) is 6.85. The molecule has 0 radical (unpaired) electrons. The molecular formula is C18H21NO5S. The predicted molar refractivity (Wildman–Crippen MR) is 92.6 cm³/mol. The summed E-state index contributed by atoms with van der Waals surface area (Å²) in [7, 11) is -2.96. The first-order valence-corrected chi connectivity index (χ1v) is 10.2. The van der Waals surface area contributed by atoms with Crippen LogP contribution in [0.3, 0.4) is 0 Å². The summed E-state index contributed by atoms with van der Waals surface area (Å²) in [6.45, 7) is 6.48. The largest absolute Gasteiger partial charge is 0.478 e. The SMILES string of the molecule is CC(C)=C1Oc2c3c(cc(C)c2C1=O)OCN(C1CCS(=O)(=O)C1)C3. The molecule has 7 heteroatoms. The van der Waals surface area contributed by atoms with Crippen molar-refractivity contribution in [2.24, 2.45) is 0 Å². The van der Waals surface area contributed by atoms with Gasteiger partial charge < -0.3 is 9.47 Å². The summed E-state index contributed by atoms with van der Waals surface area (Å²) in [5.41, 5.74) is 3.11. The highest BCUT2D eigenvalue weighted by Crippen LogP contribution is 2.44. The number of fused-ring (bicyclic) bond motifs is 3.